The lowest BCUT2D eigenvalue weighted by Crippen LogP contribution is -2.44. The lowest BCUT2D eigenvalue weighted by atomic mass is 9.91. The molecule has 51 heavy (non-hydrogen) atoms. The average molecular weight is 689 g/mol. The molecule has 2 aliphatic heterocycles. The summed E-state index contributed by atoms with van der Waals surface area (Å²) in [5.74, 6) is -0.969. The van der Waals surface area contributed by atoms with E-state index in [9.17, 15) is 24.3 Å². The van der Waals surface area contributed by atoms with E-state index in [0.29, 0.717) is 24.2 Å². The van der Waals surface area contributed by atoms with Gasteiger partial charge in [0.15, 0.2) is 0 Å². The van der Waals surface area contributed by atoms with Crippen LogP contribution in [0.15, 0.2) is 121 Å². The summed E-state index contributed by atoms with van der Waals surface area (Å²) in [7, 11) is 1.57. The van der Waals surface area contributed by atoms with Crippen LogP contribution in [0.1, 0.15) is 28.7 Å². The number of aromatic hydroxyl groups is 1. The summed E-state index contributed by atoms with van der Waals surface area (Å²) >= 11 is 0. The fraction of sp³-hybridized carbons (Fsp3) is 0.268. The van der Waals surface area contributed by atoms with Gasteiger partial charge in [-0.3, -0.25) is 9.59 Å². The Morgan fingerprint density at radius 2 is 1.27 bits per heavy atom. The molecule has 2 heterocycles. The first kappa shape index (κ1) is 34.9. The van der Waals surface area contributed by atoms with Crippen molar-refractivity contribution in [2.24, 2.45) is 5.92 Å². The van der Waals surface area contributed by atoms with Crippen LogP contribution in [0.4, 0.5) is 9.59 Å². The average Bonchev–Trinajstić information content (AvgIpc) is 3.70. The Morgan fingerprint density at radius 1 is 0.745 bits per heavy atom. The predicted molar refractivity (Wildman–Crippen MR) is 189 cm³/mol. The van der Waals surface area contributed by atoms with Crippen LogP contribution in [-0.2, 0) is 44.7 Å². The maximum atomic E-state index is 14.4. The molecule has 262 valence electrons. The van der Waals surface area contributed by atoms with E-state index >= 15 is 0 Å². The van der Waals surface area contributed by atoms with Gasteiger partial charge in [-0.15, -0.1) is 0 Å². The van der Waals surface area contributed by atoms with Crippen LogP contribution in [0, 0.1) is 5.92 Å². The number of allylic oxidation sites excluding steroid dienone is 1. The highest BCUT2D eigenvalue weighted by atomic mass is 16.6. The van der Waals surface area contributed by atoms with Crippen molar-refractivity contribution in [2.45, 2.75) is 44.2 Å². The first-order chi connectivity index (χ1) is 24.8. The second-order valence-electron chi connectivity index (χ2n) is 12.8. The molecule has 4 aromatic rings. The van der Waals surface area contributed by atoms with E-state index in [2.05, 4.69) is 0 Å². The van der Waals surface area contributed by atoms with Gasteiger partial charge in [-0.1, -0.05) is 91.0 Å². The van der Waals surface area contributed by atoms with Gasteiger partial charge in [-0.05, 0) is 72.2 Å². The smallest absolute Gasteiger partial charge is 0.417 e. The van der Waals surface area contributed by atoms with Crippen LogP contribution >= 0.6 is 0 Å². The monoisotopic (exact) mass is 688 g/mol. The summed E-state index contributed by atoms with van der Waals surface area (Å²) in [6.45, 7) is 0.138. The van der Waals surface area contributed by atoms with Crippen molar-refractivity contribution in [3.05, 3.63) is 143 Å². The predicted octanol–water partition coefficient (Wildman–Crippen LogP) is 6.30. The van der Waals surface area contributed by atoms with Crippen LogP contribution in [-0.4, -0.2) is 71.3 Å². The number of cyclic esters (lactones) is 2. The van der Waals surface area contributed by atoms with Crippen molar-refractivity contribution >= 4 is 24.0 Å². The number of amides is 4. The number of ether oxygens (including phenoxy) is 3. The Morgan fingerprint density at radius 3 is 1.84 bits per heavy atom. The van der Waals surface area contributed by atoms with E-state index in [-0.39, 0.29) is 38.2 Å². The molecule has 10 nitrogen and oxygen atoms in total. The number of rotatable bonds is 13. The highest BCUT2D eigenvalue weighted by Crippen LogP contribution is 2.27. The van der Waals surface area contributed by atoms with Crippen molar-refractivity contribution < 1.29 is 38.5 Å². The summed E-state index contributed by atoms with van der Waals surface area (Å²) in [6.07, 6.45) is 1.62. The number of methoxy groups -OCH3 is 1. The number of nitrogens with zero attached hydrogens (tertiary/aromatic N) is 2. The van der Waals surface area contributed by atoms with E-state index in [0.717, 1.165) is 22.3 Å². The summed E-state index contributed by atoms with van der Waals surface area (Å²) in [6, 6.07) is 32.0. The van der Waals surface area contributed by atoms with E-state index < -0.39 is 42.0 Å². The van der Waals surface area contributed by atoms with Crippen molar-refractivity contribution in [1.29, 1.82) is 0 Å². The Labute approximate surface area is 296 Å². The first-order valence-corrected chi connectivity index (χ1v) is 17.0. The third kappa shape index (κ3) is 8.64. The summed E-state index contributed by atoms with van der Waals surface area (Å²) in [5, 5.41) is 9.90. The topological polar surface area (TPSA) is 123 Å². The molecule has 0 bridgehead atoms. The summed E-state index contributed by atoms with van der Waals surface area (Å²) in [5.41, 5.74) is 3.80. The van der Waals surface area contributed by atoms with Gasteiger partial charge in [-0.2, -0.15) is 0 Å². The van der Waals surface area contributed by atoms with Crippen molar-refractivity contribution in [2.75, 3.05) is 20.3 Å². The Balaban J connectivity index is 1.32. The number of imide groups is 2. The molecule has 4 amide bonds. The van der Waals surface area contributed by atoms with Crippen molar-refractivity contribution in [3.8, 4) is 11.5 Å². The molecule has 1 N–H and O–H groups in total. The van der Waals surface area contributed by atoms with E-state index in [1.807, 2.05) is 72.8 Å². The summed E-state index contributed by atoms with van der Waals surface area (Å²) in [4.78, 5) is 57.2. The molecular weight excluding hydrogens is 648 g/mol. The molecule has 2 fully saturated rings. The Kier molecular flexibility index (Phi) is 11.1. The molecule has 0 unspecified atom stereocenters. The third-order valence-electron chi connectivity index (χ3n) is 9.25. The lowest BCUT2D eigenvalue weighted by Gasteiger charge is -2.25. The highest BCUT2D eigenvalue weighted by Gasteiger charge is 2.42. The van der Waals surface area contributed by atoms with Gasteiger partial charge in [0.2, 0.25) is 5.91 Å². The van der Waals surface area contributed by atoms with Gasteiger partial charge < -0.3 is 19.3 Å². The van der Waals surface area contributed by atoms with Gasteiger partial charge in [-0.25, -0.2) is 19.4 Å². The van der Waals surface area contributed by atoms with Crippen molar-refractivity contribution in [3.63, 3.8) is 0 Å². The summed E-state index contributed by atoms with van der Waals surface area (Å²) < 4.78 is 16.1. The molecular formula is C41H40N2O8. The second-order valence-corrected chi connectivity index (χ2v) is 12.8. The number of phenols is 1. The highest BCUT2D eigenvalue weighted by molar-refractivity contribution is 6.04. The maximum Gasteiger partial charge on any atom is 0.417 e. The SMILES string of the molecule is COc1ccc(C/C(=C\C[C@H](Cc2ccc(O)cc2)C(=O)N2C(=O)OC[C@@H]2Cc2ccccc2)C(=O)N2C(=O)OC[C@@H]2Cc2ccccc2)cc1. The molecule has 0 saturated carbocycles. The zero-order valence-electron chi connectivity index (χ0n) is 28.4. The second kappa shape index (κ2) is 16.2. The minimum atomic E-state index is -0.775. The number of benzene rings is 4. The molecule has 0 spiro atoms. The molecule has 0 aromatic heterocycles. The van der Waals surface area contributed by atoms with Crippen LogP contribution in [0.5, 0.6) is 11.5 Å². The third-order valence-corrected chi connectivity index (χ3v) is 9.25. The maximum absolute atomic E-state index is 14.4. The fourth-order valence-corrected chi connectivity index (χ4v) is 6.54. The van der Waals surface area contributed by atoms with Gasteiger partial charge in [0.25, 0.3) is 5.91 Å². The molecule has 3 atom stereocenters. The van der Waals surface area contributed by atoms with Crippen LogP contribution in [0.2, 0.25) is 0 Å². The molecule has 2 saturated heterocycles. The number of phenolic OH excluding ortho intramolecular Hbond substituents is 1. The van der Waals surface area contributed by atoms with E-state index in [1.54, 1.807) is 49.6 Å². The van der Waals surface area contributed by atoms with Crippen LogP contribution in [0.25, 0.3) is 0 Å². The molecule has 10 heteroatoms. The van der Waals surface area contributed by atoms with Gasteiger partial charge in [0.1, 0.15) is 24.7 Å². The van der Waals surface area contributed by atoms with Gasteiger partial charge in [0, 0.05) is 17.9 Å². The number of carbonyl (C=O) groups is 4. The van der Waals surface area contributed by atoms with E-state index in [4.69, 9.17) is 14.2 Å². The number of hydrogen-bond donors (Lipinski definition) is 1. The molecule has 0 aliphatic carbocycles. The fourth-order valence-electron chi connectivity index (χ4n) is 6.54. The zero-order valence-corrected chi connectivity index (χ0v) is 28.4. The minimum Gasteiger partial charge on any atom is -0.508 e. The van der Waals surface area contributed by atoms with Crippen LogP contribution < -0.4 is 4.74 Å². The zero-order chi connectivity index (χ0) is 35.7. The van der Waals surface area contributed by atoms with Gasteiger partial charge >= 0.3 is 12.2 Å². The Bertz CT molecular complexity index is 1860. The van der Waals surface area contributed by atoms with Gasteiger partial charge in [0.05, 0.1) is 19.2 Å². The van der Waals surface area contributed by atoms with E-state index in [1.165, 1.54) is 9.80 Å². The normalized spacial score (nSPS) is 17.9. The molecule has 6 rings (SSSR count). The molecule has 4 aromatic carbocycles. The largest absolute Gasteiger partial charge is 0.508 e. The number of hydrogen-bond acceptors (Lipinski definition) is 8. The lowest BCUT2D eigenvalue weighted by molar-refractivity contribution is -0.133. The van der Waals surface area contributed by atoms with Crippen molar-refractivity contribution in [1.82, 2.24) is 9.80 Å². The standard InChI is InChI=1S/C41H40N2O8/c1-49-37-20-14-31(15-21-37)23-33(39(46)43-35(27-51-41(43)48)25-29-10-6-3-7-11-29)17-16-32(22-30-12-18-36(44)19-13-30)38(45)42-34(26-50-40(42)47)24-28-8-4-2-5-9-28/h2-15,17-21,32,34-35,44H,16,22-27H2,1H3/b33-17+/t32-,34+,35+/m1/s1. The number of carbonyl (C=O) groups excluding carboxylic acids is 4. The van der Waals surface area contributed by atoms with Crippen LogP contribution in [0.3, 0.4) is 0 Å². The molecule has 2 aliphatic rings. The first-order valence-electron chi connectivity index (χ1n) is 17.0. The molecule has 0 radical (unpaired) electrons. The minimum absolute atomic E-state index is 0.0666. The Hall–Kier alpha value is -5.90. The quantitative estimate of drug-likeness (QED) is 0.163.